The number of rotatable bonds is 12. The monoisotopic (exact) mass is 424 g/mol. The SMILES string of the molecule is C/C=C(\[O][Sn]([CH2]CCC)([CH2]CCC)[CH2]CCC)c1ccccc1. The molecular weight excluding hydrogens is 387 g/mol. The number of unbranched alkanes of at least 4 members (excludes halogenated alkanes) is 3. The Morgan fingerprint density at radius 1 is 0.870 bits per heavy atom. The molecule has 1 rings (SSSR count). The van der Waals surface area contributed by atoms with E-state index in [0.717, 1.165) is 5.76 Å². The van der Waals surface area contributed by atoms with Gasteiger partial charge >= 0.3 is 149 Å². The van der Waals surface area contributed by atoms with E-state index in [-0.39, 0.29) is 0 Å². The molecule has 0 amide bonds. The molecule has 0 N–H and O–H groups in total. The summed E-state index contributed by atoms with van der Waals surface area (Å²) in [5.41, 5.74) is 1.25. The van der Waals surface area contributed by atoms with Crippen LogP contribution in [0, 0.1) is 0 Å². The molecule has 0 bridgehead atoms. The zero-order valence-electron chi connectivity index (χ0n) is 15.7. The molecule has 0 fully saturated rings. The molecule has 0 unspecified atom stereocenters. The van der Waals surface area contributed by atoms with E-state index in [1.807, 2.05) is 0 Å². The first-order chi connectivity index (χ1) is 11.2. The van der Waals surface area contributed by atoms with Crippen LogP contribution in [0.2, 0.25) is 13.3 Å². The van der Waals surface area contributed by atoms with Crippen molar-refractivity contribution in [3.05, 3.63) is 42.0 Å². The van der Waals surface area contributed by atoms with Crippen molar-refractivity contribution >= 4 is 24.6 Å². The molecule has 2 heteroatoms. The van der Waals surface area contributed by atoms with Crippen molar-refractivity contribution in [2.45, 2.75) is 79.5 Å². The Labute approximate surface area is 148 Å². The molecule has 1 nitrogen and oxygen atoms in total. The van der Waals surface area contributed by atoms with Crippen molar-refractivity contribution < 1.29 is 3.07 Å². The molecule has 1 aromatic carbocycles. The van der Waals surface area contributed by atoms with Crippen LogP contribution in [0.15, 0.2) is 36.4 Å². The van der Waals surface area contributed by atoms with E-state index < -0.39 is 18.8 Å². The van der Waals surface area contributed by atoms with Crippen molar-refractivity contribution in [1.82, 2.24) is 0 Å². The number of hydrogen-bond donors (Lipinski definition) is 0. The fourth-order valence-electron chi connectivity index (χ4n) is 3.15. The van der Waals surface area contributed by atoms with E-state index in [1.54, 1.807) is 0 Å². The van der Waals surface area contributed by atoms with E-state index in [1.165, 1.54) is 57.4 Å². The van der Waals surface area contributed by atoms with E-state index >= 15 is 0 Å². The summed E-state index contributed by atoms with van der Waals surface area (Å²) < 4.78 is 11.1. The Balaban J connectivity index is 2.98. The second-order valence-corrected chi connectivity index (χ2v) is 18.2. The standard InChI is InChI=1S/C9H10O.3C4H9.Sn/c1-2-9(10)8-6-4-3-5-7-8;3*1-3-4-2;/h2-7,10H,1H3;3*1,3-4H2,2H3;/q;;;;+1/p-1/b9-2-;;;;. The normalized spacial score (nSPS) is 12.4. The van der Waals surface area contributed by atoms with Gasteiger partial charge < -0.3 is 0 Å². The topological polar surface area (TPSA) is 9.23 Å². The van der Waals surface area contributed by atoms with Crippen LogP contribution >= 0.6 is 0 Å². The minimum atomic E-state index is -2.57. The van der Waals surface area contributed by atoms with E-state index in [2.05, 4.69) is 64.1 Å². The molecule has 0 heterocycles. The molecule has 23 heavy (non-hydrogen) atoms. The average molecular weight is 423 g/mol. The summed E-state index contributed by atoms with van der Waals surface area (Å²) in [6, 6.07) is 10.7. The molecule has 0 atom stereocenters. The summed E-state index contributed by atoms with van der Waals surface area (Å²) in [4.78, 5) is 0. The summed E-state index contributed by atoms with van der Waals surface area (Å²) in [5.74, 6) is 1.14. The third-order valence-corrected chi connectivity index (χ3v) is 17.3. The fraction of sp³-hybridized carbons (Fsp3) is 0.619. The van der Waals surface area contributed by atoms with Gasteiger partial charge in [-0.25, -0.2) is 0 Å². The molecule has 0 saturated heterocycles. The molecule has 0 radical (unpaired) electrons. The summed E-state index contributed by atoms with van der Waals surface area (Å²) >= 11 is -2.57. The number of benzene rings is 1. The Morgan fingerprint density at radius 2 is 1.35 bits per heavy atom. The molecule has 0 aliphatic heterocycles. The van der Waals surface area contributed by atoms with Crippen LogP contribution in [0.25, 0.3) is 5.76 Å². The zero-order chi connectivity index (χ0) is 17.0. The van der Waals surface area contributed by atoms with Crippen LogP contribution in [0.3, 0.4) is 0 Å². The summed E-state index contributed by atoms with van der Waals surface area (Å²) in [5, 5.41) is 0. The Kier molecular flexibility index (Phi) is 10.7. The van der Waals surface area contributed by atoms with Crippen LogP contribution in [-0.2, 0) is 3.07 Å². The third-order valence-electron chi connectivity index (χ3n) is 4.60. The maximum absolute atomic E-state index is 6.95. The van der Waals surface area contributed by atoms with E-state index in [9.17, 15) is 0 Å². The predicted octanol–water partition coefficient (Wildman–Crippen LogP) is 7.41. The van der Waals surface area contributed by atoms with Gasteiger partial charge in [0.15, 0.2) is 0 Å². The second kappa shape index (κ2) is 12.0. The summed E-state index contributed by atoms with van der Waals surface area (Å²) in [6.07, 6.45) is 10.1. The minimum absolute atomic E-state index is 1.14. The first-order valence-corrected chi connectivity index (χ1v) is 16.8. The van der Waals surface area contributed by atoms with Gasteiger partial charge in [0.05, 0.1) is 0 Å². The van der Waals surface area contributed by atoms with Gasteiger partial charge in [0, 0.05) is 0 Å². The molecule has 0 saturated carbocycles. The number of allylic oxidation sites excluding steroid dienone is 1. The molecular formula is C21H36OSn. The molecule has 0 aliphatic carbocycles. The van der Waals surface area contributed by atoms with Gasteiger partial charge in [0.25, 0.3) is 0 Å². The predicted molar refractivity (Wildman–Crippen MR) is 106 cm³/mol. The first-order valence-electron chi connectivity index (χ1n) is 9.62. The van der Waals surface area contributed by atoms with Crippen molar-refractivity contribution in [3.63, 3.8) is 0 Å². The van der Waals surface area contributed by atoms with Gasteiger partial charge in [-0.2, -0.15) is 0 Å². The third kappa shape index (κ3) is 7.32. The van der Waals surface area contributed by atoms with Gasteiger partial charge in [-0.05, 0) is 0 Å². The van der Waals surface area contributed by atoms with Crippen molar-refractivity contribution in [2.75, 3.05) is 0 Å². The van der Waals surface area contributed by atoms with Crippen LogP contribution in [0.5, 0.6) is 0 Å². The first kappa shape index (κ1) is 20.6. The van der Waals surface area contributed by atoms with Crippen LogP contribution in [0.1, 0.15) is 71.8 Å². The van der Waals surface area contributed by atoms with Gasteiger partial charge in [-0.1, -0.05) is 0 Å². The maximum atomic E-state index is 6.95. The fourth-order valence-corrected chi connectivity index (χ4v) is 16.7. The quantitative estimate of drug-likeness (QED) is 0.251. The molecule has 0 aliphatic rings. The summed E-state index contributed by atoms with van der Waals surface area (Å²) in [6.45, 7) is 9.05. The second-order valence-electron chi connectivity index (χ2n) is 6.61. The van der Waals surface area contributed by atoms with Crippen molar-refractivity contribution in [2.24, 2.45) is 0 Å². The Hall–Kier alpha value is -0.441. The Bertz CT molecular complexity index is 417. The van der Waals surface area contributed by atoms with E-state index in [4.69, 9.17) is 3.07 Å². The molecule has 0 spiro atoms. The zero-order valence-corrected chi connectivity index (χ0v) is 18.6. The van der Waals surface area contributed by atoms with Crippen molar-refractivity contribution in [1.29, 1.82) is 0 Å². The molecule has 1 aromatic rings. The van der Waals surface area contributed by atoms with Crippen LogP contribution in [-0.4, -0.2) is 18.8 Å². The molecule has 130 valence electrons. The van der Waals surface area contributed by atoms with Crippen molar-refractivity contribution in [3.8, 4) is 0 Å². The Morgan fingerprint density at radius 3 is 1.74 bits per heavy atom. The van der Waals surface area contributed by atoms with E-state index in [0.29, 0.717) is 0 Å². The van der Waals surface area contributed by atoms with Crippen LogP contribution < -0.4 is 0 Å². The summed E-state index contributed by atoms with van der Waals surface area (Å²) in [7, 11) is 0. The van der Waals surface area contributed by atoms with Gasteiger partial charge in [0.1, 0.15) is 0 Å². The van der Waals surface area contributed by atoms with Crippen LogP contribution in [0.4, 0.5) is 0 Å². The average Bonchev–Trinajstić information content (AvgIpc) is 2.61. The van der Waals surface area contributed by atoms with Gasteiger partial charge in [-0.15, -0.1) is 0 Å². The number of hydrogen-bond acceptors (Lipinski definition) is 1. The molecule has 0 aromatic heterocycles. The van der Waals surface area contributed by atoms with Gasteiger partial charge in [-0.3, -0.25) is 0 Å². The van der Waals surface area contributed by atoms with Gasteiger partial charge in [0.2, 0.25) is 0 Å².